The van der Waals surface area contributed by atoms with E-state index in [4.69, 9.17) is 20.8 Å². The summed E-state index contributed by atoms with van der Waals surface area (Å²) in [5.41, 5.74) is 3.97. The highest BCUT2D eigenvalue weighted by Gasteiger charge is 2.42. The number of rotatable bonds is 8. The van der Waals surface area contributed by atoms with E-state index in [1.165, 1.54) is 0 Å². The molecule has 4 aromatic rings. The Hall–Kier alpha value is -3.51. The Labute approximate surface area is 197 Å². The van der Waals surface area contributed by atoms with E-state index in [0.717, 1.165) is 46.7 Å². The Balaban J connectivity index is 1.55. The molecule has 7 heteroatoms. The summed E-state index contributed by atoms with van der Waals surface area (Å²) in [6.45, 7) is 3.18. The number of carbonyl (C=O) groups is 1. The molecule has 1 amide bonds. The van der Waals surface area contributed by atoms with Gasteiger partial charge in [-0.1, -0.05) is 49.2 Å². The first-order valence-corrected chi connectivity index (χ1v) is 11.4. The van der Waals surface area contributed by atoms with E-state index in [9.17, 15) is 4.79 Å². The second-order valence-corrected chi connectivity index (χ2v) is 8.49. The van der Waals surface area contributed by atoms with Gasteiger partial charge in [0.05, 0.1) is 31.2 Å². The van der Waals surface area contributed by atoms with Crippen LogP contribution in [0, 0.1) is 0 Å². The molecule has 2 aromatic carbocycles. The Kier molecular flexibility index (Phi) is 5.92. The lowest BCUT2D eigenvalue weighted by atomic mass is 9.96. The molecule has 6 nitrogen and oxygen atoms in total. The largest absolute Gasteiger partial charge is 0.494 e. The highest BCUT2D eigenvalue weighted by Crippen LogP contribution is 2.43. The van der Waals surface area contributed by atoms with E-state index in [-0.39, 0.29) is 11.9 Å². The van der Waals surface area contributed by atoms with Crippen LogP contribution in [0.3, 0.4) is 0 Å². The first-order valence-electron chi connectivity index (χ1n) is 11.1. The predicted molar refractivity (Wildman–Crippen MR) is 126 cm³/mol. The van der Waals surface area contributed by atoms with Gasteiger partial charge in [-0.2, -0.15) is 5.10 Å². The zero-order valence-corrected chi connectivity index (χ0v) is 19.0. The molecule has 0 bridgehead atoms. The maximum absolute atomic E-state index is 13.4. The Morgan fingerprint density at radius 1 is 1.12 bits per heavy atom. The molecule has 168 valence electrons. The molecule has 33 heavy (non-hydrogen) atoms. The van der Waals surface area contributed by atoms with E-state index >= 15 is 0 Å². The highest BCUT2D eigenvalue weighted by atomic mass is 35.5. The van der Waals surface area contributed by atoms with E-state index in [2.05, 4.69) is 17.1 Å². The van der Waals surface area contributed by atoms with E-state index in [0.29, 0.717) is 23.9 Å². The fourth-order valence-electron chi connectivity index (χ4n) is 4.19. The zero-order valence-electron chi connectivity index (χ0n) is 18.3. The number of furan rings is 1. The van der Waals surface area contributed by atoms with Gasteiger partial charge < -0.3 is 14.1 Å². The maximum Gasteiger partial charge on any atom is 0.273 e. The van der Waals surface area contributed by atoms with Crippen LogP contribution in [0.25, 0.3) is 11.3 Å². The molecule has 0 fully saturated rings. The van der Waals surface area contributed by atoms with Crippen molar-refractivity contribution in [1.29, 1.82) is 0 Å². The van der Waals surface area contributed by atoms with Crippen LogP contribution in [-0.2, 0) is 6.54 Å². The molecule has 0 saturated heterocycles. The number of carbonyl (C=O) groups excluding carboxylic acids is 1. The first-order chi connectivity index (χ1) is 16.2. The topological polar surface area (TPSA) is 71.4 Å². The number of amides is 1. The molecule has 0 spiro atoms. The third-order valence-electron chi connectivity index (χ3n) is 5.85. The lowest BCUT2D eigenvalue weighted by Crippen LogP contribution is -2.28. The molecular formula is C26H24ClN3O3. The van der Waals surface area contributed by atoms with Gasteiger partial charge in [-0.15, -0.1) is 0 Å². The molecular weight excluding hydrogens is 438 g/mol. The van der Waals surface area contributed by atoms with Gasteiger partial charge in [0.15, 0.2) is 0 Å². The SMILES string of the molecule is CCCCOc1ccc(C2c3c(-c4ccc(Cl)cc4)n[nH]c3C(=O)N2Cc2ccco2)cc1. The molecule has 1 N–H and O–H groups in total. The second-order valence-electron chi connectivity index (χ2n) is 8.05. The van der Waals surface area contributed by atoms with Crippen molar-refractivity contribution < 1.29 is 13.9 Å². The second kappa shape index (κ2) is 9.16. The number of aromatic amines is 1. The number of nitrogens with zero attached hydrogens (tertiary/aromatic N) is 2. The standard InChI is InChI=1S/C26H24ClN3O3/c1-2-3-14-32-20-12-8-18(9-13-20)25-22-23(17-6-10-19(27)11-7-17)28-29-24(22)26(31)30(25)16-21-5-4-15-33-21/h4-13,15,25H,2-3,14,16H2,1H3,(H,28,29). The fraction of sp³-hybridized carbons (Fsp3) is 0.231. The van der Waals surface area contributed by atoms with Crippen LogP contribution in [0.1, 0.15) is 53.2 Å². The van der Waals surface area contributed by atoms with E-state index < -0.39 is 0 Å². The number of nitrogens with one attached hydrogen (secondary N) is 1. The first kappa shape index (κ1) is 21.3. The van der Waals surface area contributed by atoms with Gasteiger partial charge >= 0.3 is 0 Å². The van der Waals surface area contributed by atoms with Crippen LogP contribution in [0.4, 0.5) is 0 Å². The number of hydrogen-bond acceptors (Lipinski definition) is 4. The van der Waals surface area contributed by atoms with Crippen molar-refractivity contribution in [3.63, 3.8) is 0 Å². The quantitative estimate of drug-likeness (QED) is 0.315. The molecule has 1 aliphatic heterocycles. The number of fused-ring (bicyclic) bond motifs is 1. The summed E-state index contributed by atoms with van der Waals surface area (Å²) in [6.07, 6.45) is 3.71. The van der Waals surface area contributed by atoms with Crippen LogP contribution < -0.4 is 4.74 Å². The lowest BCUT2D eigenvalue weighted by Gasteiger charge is -2.25. The minimum Gasteiger partial charge on any atom is -0.494 e. The molecule has 0 radical (unpaired) electrons. The summed E-state index contributed by atoms with van der Waals surface area (Å²) in [4.78, 5) is 15.2. The minimum atomic E-state index is -0.313. The lowest BCUT2D eigenvalue weighted by molar-refractivity contribution is 0.0717. The maximum atomic E-state index is 13.4. The molecule has 0 saturated carbocycles. The zero-order chi connectivity index (χ0) is 22.8. The van der Waals surface area contributed by atoms with Gasteiger partial charge in [-0.3, -0.25) is 9.89 Å². The summed E-state index contributed by atoms with van der Waals surface area (Å²) in [5.74, 6) is 1.43. The summed E-state index contributed by atoms with van der Waals surface area (Å²) in [5, 5.41) is 8.12. The molecule has 3 heterocycles. The highest BCUT2D eigenvalue weighted by molar-refractivity contribution is 6.30. The van der Waals surface area contributed by atoms with Gasteiger partial charge in [0.2, 0.25) is 0 Å². The van der Waals surface area contributed by atoms with Crippen LogP contribution >= 0.6 is 11.6 Å². The summed E-state index contributed by atoms with van der Waals surface area (Å²) in [6, 6.07) is 18.8. The van der Waals surface area contributed by atoms with Crippen molar-refractivity contribution in [2.75, 3.05) is 6.61 Å². The van der Waals surface area contributed by atoms with Crippen molar-refractivity contribution in [3.8, 4) is 17.0 Å². The molecule has 2 aromatic heterocycles. The normalized spacial score (nSPS) is 15.2. The third-order valence-corrected chi connectivity index (χ3v) is 6.10. The Morgan fingerprint density at radius 2 is 1.91 bits per heavy atom. The van der Waals surface area contributed by atoms with E-state index in [1.807, 2.05) is 65.6 Å². The molecule has 0 aliphatic carbocycles. The molecule has 5 rings (SSSR count). The van der Waals surface area contributed by atoms with Crippen molar-refractivity contribution in [3.05, 3.63) is 94.5 Å². The van der Waals surface area contributed by atoms with Crippen LogP contribution in [0.2, 0.25) is 5.02 Å². The van der Waals surface area contributed by atoms with Gasteiger partial charge in [-0.25, -0.2) is 0 Å². The minimum absolute atomic E-state index is 0.109. The molecule has 1 aliphatic rings. The van der Waals surface area contributed by atoms with Crippen LogP contribution in [-0.4, -0.2) is 27.6 Å². The van der Waals surface area contributed by atoms with Crippen LogP contribution in [0.15, 0.2) is 71.3 Å². The fourth-order valence-corrected chi connectivity index (χ4v) is 4.31. The average Bonchev–Trinajstić information content (AvgIpc) is 3.55. The van der Waals surface area contributed by atoms with Gasteiger partial charge in [-0.05, 0) is 48.4 Å². The summed E-state index contributed by atoms with van der Waals surface area (Å²) in [7, 11) is 0. The van der Waals surface area contributed by atoms with Crippen molar-refractivity contribution in [1.82, 2.24) is 15.1 Å². The molecule has 1 atom stereocenters. The van der Waals surface area contributed by atoms with E-state index in [1.54, 1.807) is 6.26 Å². The monoisotopic (exact) mass is 461 g/mol. The predicted octanol–water partition coefficient (Wildman–Crippen LogP) is 6.25. The number of hydrogen-bond donors (Lipinski definition) is 1. The number of benzene rings is 2. The summed E-state index contributed by atoms with van der Waals surface area (Å²) >= 11 is 6.09. The third kappa shape index (κ3) is 4.14. The number of unbranched alkanes of at least 4 members (excludes halogenated alkanes) is 1. The van der Waals surface area contributed by atoms with Gasteiger partial charge in [0.25, 0.3) is 5.91 Å². The van der Waals surface area contributed by atoms with Gasteiger partial charge in [0.1, 0.15) is 17.2 Å². The molecule has 1 unspecified atom stereocenters. The average molecular weight is 462 g/mol. The Morgan fingerprint density at radius 3 is 2.61 bits per heavy atom. The van der Waals surface area contributed by atoms with Crippen LogP contribution in [0.5, 0.6) is 5.75 Å². The van der Waals surface area contributed by atoms with Gasteiger partial charge in [0, 0.05) is 16.1 Å². The number of ether oxygens (including phenoxy) is 1. The number of H-pyrrole nitrogens is 1. The number of halogens is 1. The number of aromatic nitrogens is 2. The Bertz CT molecular complexity index is 1230. The van der Waals surface area contributed by atoms with Crippen molar-refractivity contribution >= 4 is 17.5 Å². The smallest absolute Gasteiger partial charge is 0.273 e. The summed E-state index contributed by atoms with van der Waals surface area (Å²) < 4.78 is 11.4. The van der Waals surface area contributed by atoms with Crippen molar-refractivity contribution in [2.24, 2.45) is 0 Å². The van der Waals surface area contributed by atoms with Crippen molar-refractivity contribution in [2.45, 2.75) is 32.4 Å².